The predicted octanol–water partition coefficient (Wildman–Crippen LogP) is 2.55. The van der Waals surface area contributed by atoms with Gasteiger partial charge in [-0.2, -0.15) is 13.2 Å². The van der Waals surface area contributed by atoms with E-state index in [1.54, 1.807) is 12.1 Å². The number of alkyl halides is 3. The molecule has 18 heavy (non-hydrogen) atoms. The number of Topliss-reactive ketones (excluding diaryl/α,β-unsaturated/α-hetero) is 1. The minimum Gasteiger partial charge on any atom is -0.395 e. The number of halogens is 4. The minimum atomic E-state index is -4.38. The molecule has 0 fully saturated rings. The lowest BCUT2D eigenvalue weighted by Crippen LogP contribution is -2.39. The molecule has 0 unspecified atom stereocenters. The van der Waals surface area contributed by atoms with Crippen LogP contribution in [0, 0.1) is 0 Å². The maximum Gasteiger partial charge on any atom is 0.401 e. The smallest absolute Gasteiger partial charge is 0.395 e. The lowest BCUT2D eigenvalue weighted by atomic mass is 10.3. The van der Waals surface area contributed by atoms with E-state index >= 15 is 0 Å². The zero-order chi connectivity index (χ0) is 13.8. The monoisotopic (exact) mass is 345 g/mol. The van der Waals surface area contributed by atoms with Gasteiger partial charge in [-0.15, -0.1) is 11.3 Å². The molecule has 0 saturated heterocycles. The normalized spacial score (nSPS) is 12.1. The highest BCUT2D eigenvalue weighted by atomic mass is 79.9. The summed E-state index contributed by atoms with van der Waals surface area (Å²) in [6, 6.07) is 3.22. The number of rotatable bonds is 6. The Morgan fingerprint density at radius 2 is 2.11 bits per heavy atom. The Labute approximate surface area is 114 Å². The standard InChI is InChI=1S/C10H11BrF3NO2S/c11-9-2-1-8(18-9)7(17)5-15(3-4-16)6-10(12,13)14/h1-2,16H,3-6H2. The molecule has 0 aliphatic heterocycles. The van der Waals surface area contributed by atoms with Crippen LogP contribution in [-0.4, -0.2) is 48.2 Å². The molecule has 1 aromatic heterocycles. The van der Waals surface area contributed by atoms with E-state index in [-0.39, 0.29) is 18.9 Å². The molecule has 0 bridgehead atoms. The summed E-state index contributed by atoms with van der Waals surface area (Å²) in [6.07, 6.45) is -4.38. The van der Waals surface area contributed by atoms with Crippen molar-refractivity contribution >= 4 is 33.0 Å². The van der Waals surface area contributed by atoms with Crippen molar-refractivity contribution in [2.24, 2.45) is 0 Å². The summed E-state index contributed by atoms with van der Waals surface area (Å²) in [6.45, 7) is -2.16. The summed E-state index contributed by atoms with van der Waals surface area (Å²) in [5.74, 6) is -0.386. The average Bonchev–Trinajstić information content (AvgIpc) is 2.62. The first-order chi connectivity index (χ1) is 8.31. The van der Waals surface area contributed by atoms with Crippen LogP contribution in [0.15, 0.2) is 15.9 Å². The van der Waals surface area contributed by atoms with Crippen LogP contribution >= 0.6 is 27.3 Å². The van der Waals surface area contributed by atoms with Gasteiger partial charge in [0, 0.05) is 6.54 Å². The van der Waals surface area contributed by atoms with Crippen LogP contribution in [0.25, 0.3) is 0 Å². The molecular formula is C10H11BrF3NO2S. The first kappa shape index (κ1) is 15.6. The quantitative estimate of drug-likeness (QED) is 0.805. The predicted molar refractivity (Wildman–Crippen MR) is 65.9 cm³/mol. The molecule has 0 saturated carbocycles. The number of hydrogen-bond donors (Lipinski definition) is 1. The summed E-state index contributed by atoms with van der Waals surface area (Å²) in [5, 5.41) is 8.70. The molecule has 0 atom stereocenters. The van der Waals surface area contributed by atoms with Gasteiger partial charge in [-0.3, -0.25) is 9.69 Å². The molecule has 0 spiro atoms. The van der Waals surface area contributed by atoms with Crippen LogP contribution in [0.2, 0.25) is 0 Å². The van der Waals surface area contributed by atoms with E-state index in [9.17, 15) is 18.0 Å². The zero-order valence-electron chi connectivity index (χ0n) is 9.21. The Bertz CT molecular complexity index is 408. The first-order valence-corrected chi connectivity index (χ1v) is 6.61. The molecule has 0 radical (unpaired) electrons. The van der Waals surface area contributed by atoms with Crippen LogP contribution in [0.3, 0.4) is 0 Å². The number of nitrogens with zero attached hydrogens (tertiary/aromatic N) is 1. The Hall–Kier alpha value is -0.440. The molecule has 1 rings (SSSR count). The topological polar surface area (TPSA) is 40.5 Å². The van der Waals surface area contributed by atoms with Crippen LogP contribution < -0.4 is 0 Å². The Morgan fingerprint density at radius 1 is 1.44 bits per heavy atom. The highest BCUT2D eigenvalue weighted by molar-refractivity contribution is 9.11. The average molecular weight is 346 g/mol. The van der Waals surface area contributed by atoms with Crippen molar-refractivity contribution in [3.05, 3.63) is 20.8 Å². The number of aliphatic hydroxyl groups is 1. The third kappa shape index (κ3) is 5.47. The van der Waals surface area contributed by atoms with Gasteiger partial charge in [-0.05, 0) is 28.1 Å². The molecule has 0 aliphatic carbocycles. The molecule has 0 aromatic carbocycles. The van der Waals surface area contributed by atoms with Crippen molar-refractivity contribution in [2.45, 2.75) is 6.18 Å². The van der Waals surface area contributed by atoms with Gasteiger partial charge in [0.1, 0.15) is 0 Å². The Kier molecular flexibility index (Phi) is 5.77. The molecule has 0 aliphatic rings. The second-order valence-corrected chi connectivity index (χ2v) is 6.04. The zero-order valence-corrected chi connectivity index (χ0v) is 11.6. The number of ketones is 1. The fraction of sp³-hybridized carbons (Fsp3) is 0.500. The van der Waals surface area contributed by atoms with Crippen molar-refractivity contribution in [1.82, 2.24) is 4.90 Å². The summed E-state index contributed by atoms with van der Waals surface area (Å²) in [5.41, 5.74) is 0. The van der Waals surface area contributed by atoms with Crippen molar-refractivity contribution in [1.29, 1.82) is 0 Å². The van der Waals surface area contributed by atoms with Crippen LogP contribution in [0.1, 0.15) is 9.67 Å². The van der Waals surface area contributed by atoms with E-state index in [2.05, 4.69) is 15.9 Å². The van der Waals surface area contributed by atoms with E-state index in [1.807, 2.05) is 0 Å². The second kappa shape index (κ2) is 6.65. The number of hydrogen-bond acceptors (Lipinski definition) is 4. The van der Waals surface area contributed by atoms with Gasteiger partial charge in [-0.25, -0.2) is 0 Å². The fourth-order valence-electron chi connectivity index (χ4n) is 1.35. The van der Waals surface area contributed by atoms with E-state index in [0.717, 1.165) is 8.69 Å². The van der Waals surface area contributed by atoms with Crippen molar-refractivity contribution < 1.29 is 23.1 Å². The molecule has 1 N–H and O–H groups in total. The second-order valence-electron chi connectivity index (χ2n) is 3.58. The van der Waals surface area contributed by atoms with Crippen LogP contribution in [-0.2, 0) is 0 Å². The molecule has 1 aromatic rings. The highest BCUT2D eigenvalue weighted by Gasteiger charge is 2.31. The number of carbonyl (C=O) groups excluding carboxylic acids is 1. The molecule has 8 heteroatoms. The maximum absolute atomic E-state index is 12.2. The van der Waals surface area contributed by atoms with Gasteiger partial charge < -0.3 is 5.11 Å². The minimum absolute atomic E-state index is 0.183. The summed E-state index contributed by atoms with van der Waals surface area (Å²) in [4.78, 5) is 13.0. The molecule has 3 nitrogen and oxygen atoms in total. The van der Waals surface area contributed by atoms with E-state index in [4.69, 9.17) is 5.11 Å². The van der Waals surface area contributed by atoms with Gasteiger partial charge in [-0.1, -0.05) is 0 Å². The first-order valence-electron chi connectivity index (χ1n) is 5.00. The van der Waals surface area contributed by atoms with E-state index in [1.165, 1.54) is 11.3 Å². The number of carbonyl (C=O) groups is 1. The lowest BCUT2D eigenvalue weighted by Gasteiger charge is -2.21. The van der Waals surface area contributed by atoms with Gasteiger partial charge in [0.2, 0.25) is 0 Å². The molecular weight excluding hydrogens is 335 g/mol. The summed E-state index contributed by atoms with van der Waals surface area (Å²) >= 11 is 4.35. The van der Waals surface area contributed by atoms with E-state index < -0.39 is 19.3 Å². The van der Waals surface area contributed by atoms with Crippen molar-refractivity contribution in [3.63, 3.8) is 0 Å². The van der Waals surface area contributed by atoms with Crippen molar-refractivity contribution in [2.75, 3.05) is 26.2 Å². The number of thiophene rings is 1. The third-order valence-corrected chi connectivity index (χ3v) is 3.70. The van der Waals surface area contributed by atoms with Crippen molar-refractivity contribution in [3.8, 4) is 0 Å². The molecule has 102 valence electrons. The van der Waals surface area contributed by atoms with Crippen LogP contribution in [0.5, 0.6) is 0 Å². The SMILES string of the molecule is O=C(CN(CCO)CC(F)(F)F)c1ccc(Br)s1. The fourth-order valence-corrected chi connectivity index (χ4v) is 2.67. The third-order valence-electron chi connectivity index (χ3n) is 2.03. The molecule has 0 amide bonds. The maximum atomic E-state index is 12.2. The summed E-state index contributed by atoms with van der Waals surface area (Å²) < 4.78 is 37.5. The largest absolute Gasteiger partial charge is 0.401 e. The molecule has 1 heterocycles. The lowest BCUT2D eigenvalue weighted by molar-refractivity contribution is -0.145. The van der Waals surface area contributed by atoms with Gasteiger partial charge in [0.05, 0.1) is 28.4 Å². The van der Waals surface area contributed by atoms with E-state index in [0.29, 0.717) is 4.88 Å². The number of aliphatic hydroxyl groups excluding tert-OH is 1. The highest BCUT2D eigenvalue weighted by Crippen LogP contribution is 2.23. The van der Waals surface area contributed by atoms with Gasteiger partial charge >= 0.3 is 6.18 Å². The Morgan fingerprint density at radius 3 is 2.56 bits per heavy atom. The Balaban J connectivity index is 2.63. The van der Waals surface area contributed by atoms with Gasteiger partial charge in [0.25, 0.3) is 0 Å². The van der Waals surface area contributed by atoms with Crippen LogP contribution in [0.4, 0.5) is 13.2 Å². The van der Waals surface area contributed by atoms with Gasteiger partial charge in [0.15, 0.2) is 5.78 Å². The summed E-state index contributed by atoms with van der Waals surface area (Å²) in [7, 11) is 0.